The van der Waals surface area contributed by atoms with E-state index in [-0.39, 0.29) is 17.2 Å². The van der Waals surface area contributed by atoms with E-state index in [0.717, 1.165) is 5.69 Å². The van der Waals surface area contributed by atoms with E-state index in [1.54, 1.807) is 31.4 Å². The van der Waals surface area contributed by atoms with Crippen LogP contribution >= 0.6 is 11.6 Å². The van der Waals surface area contributed by atoms with Crippen LogP contribution in [0.3, 0.4) is 0 Å². The number of carbonyl (C=O) groups is 2. The largest absolute Gasteiger partial charge is 0.497 e. The van der Waals surface area contributed by atoms with Gasteiger partial charge in [0.15, 0.2) is 0 Å². The highest BCUT2D eigenvalue weighted by Gasteiger charge is 2.30. The van der Waals surface area contributed by atoms with Gasteiger partial charge < -0.3 is 24.6 Å². The number of amides is 2. The summed E-state index contributed by atoms with van der Waals surface area (Å²) in [6, 6.07) is 10.5. The van der Waals surface area contributed by atoms with E-state index in [4.69, 9.17) is 21.1 Å². The van der Waals surface area contributed by atoms with Crippen LogP contribution in [0.5, 0.6) is 11.5 Å². The zero-order chi connectivity index (χ0) is 23.5. The number of piperazine rings is 1. The first-order valence-corrected chi connectivity index (χ1v) is 10.9. The molecule has 3 rings (SSSR count). The fourth-order valence-electron chi connectivity index (χ4n) is 3.65. The second-order valence-corrected chi connectivity index (χ2v) is 9.12. The molecule has 2 aromatic rings. The van der Waals surface area contributed by atoms with Gasteiger partial charge in [0.2, 0.25) is 5.91 Å². The summed E-state index contributed by atoms with van der Waals surface area (Å²) in [4.78, 5) is 29.3. The Balaban J connectivity index is 1.67. The molecule has 0 atom stereocenters. The van der Waals surface area contributed by atoms with Gasteiger partial charge in [0.25, 0.3) is 5.91 Å². The Labute approximate surface area is 194 Å². The number of hydrogen-bond acceptors (Lipinski definition) is 5. The molecule has 0 aromatic heterocycles. The number of nitrogens with one attached hydrogen (secondary N) is 1. The number of carbonyl (C=O) groups excluding carboxylic acids is 2. The molecule has 0 spiro atoms. The lowest BCUT2D eigenvalue weighted by Gasteiger charge is -2.39. The topological polar surface area (TPSA) is 71.1 Å². The maximum atomic E-state index is 12.7. The third kappa shape index (κ3) is 5.27. The first kappa shape index (κ1) is 23.7. The molecular formula is C24H30ClN3O4. The summed E-state index contributed by atoms with van der Waals surface area (Å²) < 4.78 is 10.5. The monoisotopic (exact) mass is 459 g/mol. The number of halogens is 1. The average Bonchev–Trinajstić information content (AvgIpc) is 2.77. The van der Waals surface area contributed by atoms with Crippen molar-refractivity contribution in [2.45, 2.75) is 20.8 Å². The van der Waals surface area contributed by atoms with Gasteiger partial charge >= 0.3 is 0 Å². The molecule has 172 valence electrons. The molecule has 1 heterocycles. The predicted octanol–water partition coefficient (Wildman–Crippen LogP) is 4.30. The van der Waals surface area contributed by atoms with Crippen molar-refractivity contribution in [3.8, 4) is 11.5 Å². The minimum absolute atomic E-state index is 0.162. The van der Waals surface area contributed by atoms with Crippen molar-refractivity contribution in [2.75, 3.05) is 50.6 Å². The Bertz CT molecular complexity index is 995. The number of rotatable bonds is 5. The molecule has 0 radical (unpaired) electrons. The van der Waals surface area contributed by atoms with E-state index >= 15 is 0 Å². The molecule has 1 fully saturated rings. The minimum atomic E-state index is -0.383. The molecule has 32 heavy (non-hydrogen) atoms. The Morgan fingerprint density at radius 1 is 0.969 bits per heavy atom. The summed E-state index contributed by atoms with van der Waals surface area (Å²) in [5.74, 6) is 0.889. The zero-order valence-electron chi connectivity index (χ0n) is 19.2. The number of benzene rings is 2. The molecule has 0 unspecified atom stereocenters. The highest BCUT2D eigenvalue weighted by molar-refractivity contribution is 6.33. The van der Waals surface area contributed by atoms with Crippen LogP contribution in [0, 0.1) is 5.41 Å². The van der Waals surface area contributed by atoms with Gasteiger partial charge in [0.1, 0.15) is 11.5 Å². The van der Waals surface area contributed by atoms with Crippen LogP contribution < -0.4 is 19.7 Å². The lowest BCUT2D eigenvalue weighted by Crippen LogP contribution is -2.51. The molecule has 2 aromatic carbocycles. The van der Waals surface area contributed by atoms with Gasteiger partial charge in [-0.25, -0.2) is 0 Å². The van der Waals surface area contributed by atoms with Crippen LogP contribution in [0.15, 0.2) is 36.4 Å². The van der Waals surface area contributed by atoms with Crippen LogP contribution in [0.4, 0.5) is 11.4 Å². The van der Waals surface area contributed by atoms with Gasteiger partial charge in [-0.3, -0.25) is 9.59 Å². The zero-order valence-corrected chi connectivity index (χ0v) is 20.0. The molecule has 1 aliphatic heterocycles. The van der Waals surface area contributed by atoms with Crippen LogP contribution in [0.2, 0.25) is 5.02 Å². The molecule has 8 heteroatoms. The number of ether oxygens (including phenoxy) is 2. The highest BCUT2D eigenvalue weighted by atomic mass is 35.5. The van der Waals surface area contributed by atoms with Gasteiger partial charge in [-0.2, -0.15) is 0 Å². The van der Waals surface area contributed by atoms with Crippen molar-refractivity contribution in [3.05, 3.63) is 47.0 Å². The second-order valence-electron chi connectivity index (χ2n) is 8.72. The van der Waals surface area contributed by atoms with Gasteiger partial charge in [-0.05, 0) is 30.3 Å². The van der Waals surface area contributed by atoms with Crippen molar-refractivity contribution in [2.24, 2.45) is 5.41 Å². The Morgan fingerprint density at radius 2 is 1.66 bits per heavy atom. The summed E-state index contributed by atoms with van der Waals surface area (Å²) >= 11 is 6.55. The van der Waals surface area contributed by atoms with Crippen molar-refractivity contribution < 1.29 is 19.1 Å². The van der Waals surface area contributed by atoms with Gasteiger partial charge in [-0.1, -0.05) is 32.4 Å². The van der Waals surface area contributed by atoms with Crippen molar-refractivity contribution in [3.63, 3.8) is 0 Å². The third-order valence-corrected chi connectivity index (χ3v) is 5.71. The van der Waals surface area contributed by atoms with Crippen LogP contribution in [-0.2, 0) is 4.79 Å². The first-order valence-electron chi connectivity index (χ1n) is 10.5. The minimum Gasteiger partial charge on any atom is -0.497 e. The molecule has 1 N–H and O–H groups in total. The SMILES string of the molecule is COc1ccc(C(=O)Nc2ccc(N3CCN(C(=O)C(C)(C)C)CC3)c(Cl)c2)c(OC)c1. The highest BCUT2D eigenvalue weighted by Crippen LogP contribution is 2.31. The van der Waals surface area contributed by atoms with Crippen molar-refractivity contribution >= 4 is 34.8 Å². The molecule has 2 amide bonds. The summed E-state index contributed by atoms with van der Waals surface area (Å²) in [7, 11) is 3.06. The maximum Gasteiger partial charge on any atom is 0.259 e. The van der Waals surface area contributed by atoms with E-state index in [1.807, 2.05) is 37.8 Å². The fraction of sp³-hybridized carbons (Fsp3) is 0.417. The van der Waals surface area contributed by atoms with Gasteiger partial charge in [0, 0.05) is 43.3 Å². The Hall–Kier alpha value is -2.93. The van der Waals surface area contributed by atoms with E-state index in [9.17, 15) is 9.59 Å². The normalized spacial score (nSPS) is 14.2. The number of hydrogen-bond donors (Lipinski definition) is 1. The van der Waals surface area contributed by atoms with Gasteiger partial charge in [-0.15, -0.1) is 0 Å². The molecule has 0 bridgehead atoms. The van der Waals surface area contributed by atoms with Crippen molar-refractivity contribution in [1.82, 2.24) is 4.90 Å². The smallest absolute Gasteiger partial charge is 0.259 e. The molecule has 1 aliphatic rings. The lowest BCUT2D eigenvalue weighted by molar-refractivity contribution is -0.139. The molecule has 7 nitrogen and oxygen atoms in total. The van der Waals surface area contributed by atoms with E-state index in [1.165, 1.54) is 7.11 Å². The first-order chi connectivity index (χ1) is 15.1. The van der Waals surface area contributed by atoms with E-state index in [2.05, 4.69) is 10.2 Å². The van der Waals surface area contributed by atoms with Gasteiger partial charge in [0.05, 0.1) is 30.5 Å². The van der Waals surface area contributed by atoms with E-state index in [0.29, 0.717) is 54.0 Å². The summed E-state index contributed by atoms with van der Waals surface area (Å²) in [5.41, 5.74) is 1.48. The quantitative estimate of drug-likeness (QED) is 0.721. The summed E-state index contributed by atoms with van der Waals surface area (Å²) in [6.07, 6.45) is 0. The van der Waals surface area contributed by atoms with Crippen LogP contribution in [-0.4, -0.2) is 57.1 Å². The van der Waals surface area contributed by atoms with Crippen molar-refractivity contribution in [1.29, 1.82) is 0 Å². The number of anilines is 2. The molecular weight excluding hydrogens is 430 g/mol. The average molecular weight is 460 g/mol. The Kier molecular flexibility index (Phi) is 7.19. The standard InChI is InChI=1S/C24H30ClN3O4/c1-24(2,3)23(30)28-12-10-27(11-13-28)20-9-6-16(14-19(20)25)26-22(29)18-8-7-17(31-4)15-21(18)32-5/h6-9,14-15H,10-13H2,1-5H3,(H,26,29). The van der Waals surface area contributed by atoms with Crippen LogP contribution in [0.25, 0.3) is 0 Å². The van der Waals surface area contributed by atoms with Crippen LogP contribution in [0.1, 0.15) is 31.1 Å². The fourth-order valence-corrected chi connectivity index (χ4v) is 3.95. The third-order valence-electron chi connectivity index (χ3n) is 5.41. The lowest BCUT2D eigenvalue weighted by atomic mass is 9.94. The van der Waals surface area contributed by atoms with E-state index < -0.39 is 0 Å². The molecule has 0 saturated carbocycles. The molecule has 0 aliphatic carbocycles. The summed E-state index contributed by atoms with van der Waals surface area (Å²) in [6.45, 7) is 8.53. The number of methoxy groups -OCH3 is 2. The number of nitrogens with zero attached hydrogens (tertiary/aromatic N) is 2. The molecule has 1 saturated heterocycles. The Morgan fingerprint density at radius 3 is 2.22 bits per heavy atom. The maximum absolute atomic E-state index is 12.7. The summed E-state index contributed by atoms with van der Waals surface area (Å²) in [5, 5.41) is 3.41. The predicted molar refractivity (Wildman–Crippen MR) is 127 cm³/mol. The second kappa shape index (κ2) is 9.69.